The molecule has 1 N–H and O–H groups in total. The normalized spacial score (nSPS) is 16.4. The Morgan fingerprint density at radius 3 is 2.72 bits per heavy atom. The number of nitrogens with zero attached hydrogens (tertiary/aromatic N) is 3. The third-order valence-electron chi connectivity index (χ3n) is 4.79. The molecular formula is C22H22N4O3. The number of nitrogens with one attached hydrogen (secondary N) is 1. The van der Waals surface area contributed by atoms with Gasteiger partial charge < -0.3 is 14.7 Å². The number of rotatable bonds is 5. The molecule has 2 amide bonds. The zero-order chi connectivity index (χ0) is 20.4. The fourth-order valence-corrected chi connectivity index (χ4v) is 3.39. The van der Waals surface area contributed by atoms with Crippen molar-refractivity contribution in [3.63, 3.8) is 0 Å². The molecule has 0 bridgehead atoms. The van der Waals surface area contributed by atoms with Crippen LogP contribution in [0, 0.1) is 0 Å². The number of hydrogen-bond acceptors (Lipinski definition) is 5. The van der Waals surface area contributed by atoms with Crippen LogP contribution in [0.1, 0.15) is 42.4 Å². The summed E-state index contributed by atoms with van der Waals surface area (Å²) < 4.78 is 5.46. The molecule has 1 atom stereocenters. The number of anilines is 1. The molecule has 7 nitrogen and oxygen atoms in total. The summed E-state index contributed by atoms with van der Waals surface area (Å²) in [5.41, 5.74) is 2.10. The van der Waals surface area contributed by atoms with Gasteiger partial charge in [0.1, 0.15) is 0 Å². The standard InChI is InChI=1S/C22H22N4O3/c1-14(2)23-21(28)16-8-6-7-15(11-16)20-24-22(29-25-20)17-12-19(27)26(13-17)18-9-4-3-5-10-18/h3-11,14,17H,12-13H2,1-2H3,(H,23,28)/t17-/m0/s1. The van der Waals surface area contributed by atoms with E-state index in [2.05, 4.69) is 15.5 Å². The van der Waals surface area contributed by atoms with E-state index in [-0.39, 0.29) is 23.8 Å². The van der Waals surface area contributed by atoms with Crippen molar-refractivity contribution in [3.05, 3.63) is 66.1 Å². The molecule has 148 valence electrons. The SMILES string of the molecule is CC(C)NC(=O)c1cccc(-c2noc([C@H]3CC(=O)N(c4ccccc4)C3)n2)c1. The average molecular weight is 390 g/mol. The van der Waals surface area contributed by atoms with Crippen molar-refractivity contribution < 1.29 is 14.1 Å². The molecule has 1 aliphatic rings. The van der Waals surface area contributed by atoms with Crippen molar-refractivity contribution in [1.29, 1.82) is 0 Å². The number of carbonyl (C=O) groups is 2. The first-order valence-electron chi connectivity index (χ1n) is 9.61. The van der Waals surface area contributed by atoms with Crippen molar-refractivity contribution in [3.8, 4) is 11.4 Å². The molecule has 0 saturated carbocycles. The summed E-state index contributed by atoms with van der Waals surface area (Å²) in [6.07, 6.45) is 0.327. The molecule has 4 rings (SSSR count). The predicted molar refractivity (Wildman–Crippen MR) is 108 cm³/mol. The third kappa shape index (κ3) is 4.03. The Bertz CT molecular complexity index is 1030. The topological polar surface area (TPSA) is 88.3 Å². The summed E-state index contributed by atoms with van der Waals surface area (Å²) in [4.78, 5) is 30.9. The van der Waals surface area contributed by atoms with Crippen LogP contribution in [0.5, 0.6) is 0 Å². The van der Waals surface area contributed by atoms with Gasteiger partial charge in [0.2, 0.25) is 17.6 Å². The molecule has 0 aliphatic carbocycles. The van der Waals surface area contributed by atoms with E-state index in [9.17, 15) is 9.59 Å². The Morgan fingerprint density at radius 2 is 1.97 bits per heavy atom. The molecule has 1 aromatic heterocycles. The maximum Gasteiger partial charge on any atom is 0.251 e. The molecule has 1 fully saturated rings. The largest absolute Gasteiger partial charge is 0.350 e. The van der Waals surface area contributed by atoms with Gasteiger partial charge in [0, 0.05) is 35.8 Å². The molecule has 1 saturated heterocycles. The van der Waals surface area contributed by atoms with Gasteiger partial charge in [0.25, 0.3) is 5.91 Å². The molecule has 3 aromatic rings. The van der Waals surface area contributed by atoms with Gasteiger partial charge in [-0.25, -0.2) is 0 Å². The second kappa shape index (κ2) is 7.87. The number of benzene rings is 2. The van der Waals surface area contributed by atoms with Crippen molar-refractivity contribution in [1.82, 2.24) is 15.5 Å². The van der Waals surface area contributed by atoms with Crippen LogP contribution in [-0.2, 0) is 4.79 Å². The van der Waals surface area contributed by atoms with Gasteiger partial charge in [-0.1, -0.05) is 35.5 Å². The molecule has 2 aromatic carbocycles. The smallest absolute Gasteiger partial charge is 0.251 e. The number of amides is 2. The van der Waals surface area contributed by atoms with E-state index in [1.807, 2.05) is 50.2 Å². The Labute approximate surface area is 168 Å². The van der Waals surface area contributed by atoms with Gasteiger partial charge in [-0.3, -0.25) is 9.59 Å². The van der Waals surface area contributed by atoms with Gasteiger partial charge in [0.05, 0.1) is 5.92 Å². The number of carbonyl (C=O) groups excluding carboxylic acids is 2. The summed E-state index contributed by atoms with van der Waals surface area (Å²) >= 11 is 0. The van der Waals surface area contributed by atoms with Crippen LogP contribution in [0.3, 0.4) is 0 Å². The Morgan fingerprint density at radius 1 is 1.17 bits per heavy atom. The summed E-state index contributed by atoms with van der Waals surface area (Å²) in [5.74, 6) is 0.573. The number of para-hydroxylation sites is 1. The Kier molecular flexibility index (Phi) is 5.12. The first-order valence-corrected chi connectivity index (χ1v) is 9.61. The highest BCUT2D eigenvalue weighted by molar-refractivity contribution is 5.96. The van der Waals surface area contributed by atoms with E-state index < -0.39 is 0 Å². The van der Waals surface area contributed by atoms with Crippen molar-refractivity contribution in [2.45, 2.75) is 32.2 Å². The average Bonchev–Trinajstić information content (AvgIpc) is 3.35. The molecule has 29 heavy (non-hydrogen) atoms. The minimum Gasteiger partial charge on any atom is -0.350 e. The van der Waals surface area contributed by atoms with Crippen LogP contribution >= 0.6 is 0 Å². The molecule has 0 radical (unpaired) electrons. The predicted octanol–water partition coefficient (Wildman–Crippen LogP) is 3.40. The highest BCUT2D eigenvalue weighted by Crippen LogP contribution is 2.31. The quantitative estimate of drug-likeness (QED) is 0.721. The molecule has 0 unspecified atom stereocenters. The molecule has 1 aliphatic heterocycles. The zero-order valence-electron chi connectivity index (χ0n) is 16.3. The fraction of sp³-hybridized carbons (Fsp3) is 0.273. The summed E-state index contributed by atoms with van der Waals surface area (Å²) in [6, 6.07) is 16.7. The van der Waals surface area contributed by atoms with Crippen molar-refractivity contribution >= 4 is 17.5 Å². The van der Waals surface area contributed by atoms with Crippen molar-refractivity contribution in [2.75, 3.05) is 11.4 Å². The van der Waals surface area contributed by atoms with Crippen LogP contribution in [0.25, 0.3) is 11.4 Å². The lowest BCUT2D eigenvalue weighted by atomic mass is 10.1. The van der Waals surface area contributed by atoms with E-state index in [1.54, 1.807) is 23.1 Å². The minimum atomic E-state index is -0.156. The lowest BCUT2D eigenvalue weighted by Gasteiger charge is -2.15. The van der Waals surface area contributed by atoms with Crippen LogP contribution in [0.4, 0.5) is 5.69 Å². The van der Waals surface area contributed by atoms with E-state index in [1.165, 1.54) is 0 Å². The highest BCUT2D eigenvalue weighted by atomic mass is 16.5. The van der Waals surface area contributed by atoms with Crippen LogP contribution in [-0.4, -0.2) is 34.5 Å². The summed E-state index contributed by atoms with van der Waals surface area (Å²) in [7, 11) is 0. The fourth-order valence-electron chi connectivity index (χ4n) is 3.39. The monoisotopic (exact) mass is 390 g/mol. The van der Waals surface area contributed by atoms with Crippen LogP contribution in [0.15, 0.2) is 59.1 Å². The van der Waals surface area contributed by atoms with Gasteiger partial charge in [-0.2, -0.15) is 4.98 Å². The molecule has 0 spiro atoms. The number of aromatic nitrogens is 2. The first kappa shape index (κ1) is 18.9. The van der Waals surface area contributed by atoms with Gasteiger partial charge >= 0.3 is 0 Å². The maximum absolute atomic E-state index is 12.4. The van der Waals surface area contributed by atoms with Crippen LogP contribution in [0.2, 0.25) is 0 Å². The minimum absolute atomic E-state index is 0.0355. The van der Waals surface area contributed by atoms with E-state index in [0.717, 1.165) is 5.69 Å². The van der Waals surface area contributed by atoms with Gasteiger partial charge in [0.15, 0.2) is 0 Å². The van der Waals surface area contributed by atoms with Gasteiger partial charge in [-0.05, 0) is 38.1 Å². The van der Waals surface area contributed by atoms with Gasteiger partial charge in [-0.15, -0.1) is 0 Å². The van der Waals surface area contributed by atoms with E-state index in [0.29, 0.717) is 35.8 Å². The molecular weight excluding hydrogens is 368 g/mol. The van der Waals surface area contributed by atoms with E-state index in [4.69, 9.17) is 4.52 Å². The Hall–Kier alpha value is -3.48. The Balaban J connectivity index is 1.52. The van der Waals surface area contributed by atoms with Crippen molar-refractivity contribution in [2.24, 2.45) is 0 Å². The van der Waals surface area contributed by atoms with E-state index >= 15 is 0 Å². The second-order valence-electron chi connectivity index (χ2n) is 7.41. The number of hydrogen-bond donors (Lipinski definition) is 1. The maximum atomic E-state index is 12.4. The second-order valence-corrected chi connectivity index (χ2v) is 7.41. The lowest BCUT2D eigenvalue weighted by Crippen LogP contribution is -2.30. The lowest BCUT2D eigenvalue weighted by molar-refractivity contribution is -0.117. The first-order chi connectivity index (χ1) is 14.0. The van der Waals surface area contributed by atoms with Crippen LogP contribution < -0.4 is 10.2 Å². The third-order valence-corrected chi connectivity index (χ3v) is 4.79. The summed E-state index contributed by atoms with van der Waals surface area (Å²) in [6.45, 7) is 4.32. The molecule has 2 heterocycles. The highest BCUT2D eigenvalue weighted by Gasteiger charge is 2.35. The molecule has 7 heteroatoms. The summed E-state index contributed by atoms with van der Waals surface area (Å²) in [5, 5.41) is 6.93. The zero-order valence-corrected chi connectivity index (χ0v) is 16.3.